The molecule has 0 saturated heterocycles. The number of methoxy groups -OCH3 is 3. The standard InChI is InChI=1S/C21H26BrNO4/c1-14(24)23-10-9-15-11-20(26-3)21(27-4)13-17(15)19(25-2)12-16-7-5-6-8-18(16)22/h5-8,11,13,19H,9-10,12H2,1-4H3,(H,23,24). The van der Waals surface area contributed by atoms with Crippen molar-refractivity contribution in [2.75, 3.05) is 27.9 Å². The van der Waals surface area contributed by atoms with E-state index in [9.17, 15) is 4.79 Å². The molecule has 0 fully saturated rings. The van der Waals surface area contributed by atoms with Gasteiger partial charge < -0.3 is 19.5 Å². The van der Waals surface area contributed by atoms with Gasteiger partial charge in [-0.05, 0) is 41.3 Å². The molecule has 1 amide bonds. The fourth-order valence-corrected chi connectivity index (χ4v) is 3.46. The number of nitrogens with one attached hydrogen (secondary N) is 1. The zero-order valence-electron chi connectivity index (χ0n) is 16.2. The van der Waals surface area contributed by atoms with Crippen molar-refractivity contribution in [2.24, 2.45) is 0 Å². The van der Waals surface area contributed by atoms with Crippen LogP contribution in [0.5, 0.6) is 11.5 Å². The Kier molecular flexibility index (Phi) is 8.13. The molecule has 2 rings (SSSR count). The number of hydrogen-bond donors (Lipinski definition) is 1. The molecule has 0 radical (unpaired) electrons. The maximum absolute atomic E-state index is 11.2. The Morgan fingerprint density at radius 3 is 2.33 bits per heavy atom. The molecule has 1 unspecified atom stereocenters. The van der Waals surface area contributed by atoms with Crippen LogP contribution in [0.3, 0.4) is 0 Å². The van der Waals surface area contributed by atoms with Gasteiger partial charge in [-0.25, -0.2) is 0 Å². The zero-order chi connectivity index (χ0) is 19.8. The molecule has 5 nitrogen and oxygen atoms in total. The predicted octanol–water partition coefficient (Wildman–Crippen LogP) is 4.08. The summed E-state index contributed by atoms with van der Waals surface area (Å²) < 4.78 is 17.8. The second-order valence-electron chi connectivity index (χ2n) is 6.16. The molecule has 0 aliphatic carbocycles. The van der Waals surface area contributed by atoms with Gasteiger partial charge in [0.2, 0.25) is 5.91 Å². The van der Waals surface area contributed by atoms with Crippen LogP contribution in [0.25, 0.3) is 0 Å². The molecule has 2 aromatic carbocycles. The molecule has 0 aliphatic rings. The van der Waals surface area contributed by atoms with Crippen molar-refractivity contribution in [1.29, 1.82) is 0 Å². The van der Waals surface area contributed by atoms with E-state index in [0.29, 0.717) is 30.9 Å². The van der Waals surface area contributed by atoms with Crippen LogP contribution in [0, 0.1) is 0 Å². The van der Waals surface area contributed by atoms with Crippen LogP contribution >= 0.6 is 15.9 Å². The van der Waals surface area contributed by atoms with Crippen LogP contribution in [0.4, 0.5) is 0 Å². The van der Waals surface area contributed by atoms with E-state index in [-0.39, 0.29) is 12.0 Å². The van der Waals surface area contributed by atoms with Gasteiger partial charge in [0.05, 0.1) is 20.3 Å². The van der Waals surface area contributed by atoms with E-state index in [1.54, 1.807) is 21.3 Å². The lowest BCUT2D eigenvalue weighted by molar-refractivity contribution is -0.118. The van der Waals surface area contributed by atoms with E-state index in [0.717, 1.165) is 21.2 Å². The van der Waals surface area contributed by atoms with Crippen molar-refractivity contribution in [3.63, 3.8) is 0 Å². The Morgan fingerprint density at radius 2 is 1.74 bits per heavy atom. The first-order valence-corrected chi connectivity index (χ1v) is 9.54. The van der Waals surface area contributed by atoms with E-state index in [1.165, 1.54) is 6.92 Å². The highest BCUT2D eigenvalue weighted by molar-refractivity contribution is 9.10. The molecule has 0 heterocycles. The summed E-state index contributed by atoms with van der Waals surface area (Å²) in [6, 6.07) is 12.0. The highest BCUT2D eigenvalue weighted by Crippen LogP contribution is 2.36. The first-order valence-electron chi connectivity index (χ1n) is 8.75. The highest BCUT2D eigenvalue weighted by atomic mass is 79.9. The molecule has 146 valence electrons. The average Bonchev–Trinajstić information content (AvgIpc) is 2.66. The second-order valence-corrected chi connectivity index (χ2v) is 7.01. The van der Waals surface area contributed by atoms with Gasteiger partial charge in [0.1, 0.15) is 0 Å². The van der Waals surface area contributed by atoms with Gasteiger partial charge in [-0.15, -0.1) is 0 Å². The third kappa shape index (κ3) is 5.71. The van der Waals surface area contributed by atoms with Crippen LogP contribution in [0.2, 0.25) is 0 Å². The smallest absolute Gasteiger partial charge is 0.216 e. The average molecular weight is 436 g/mol. The number of benzene rings is 2. The Labute approximate surface area is 169 Å². The van der Waals surface area contributed by atoms with Crippen molar-refractivity contribution in [3.05, 3.63) is 57.6 Å². The lowest BCUT2D eigenvalue weighted by Crippen LogP contribution is -2.23. The first-order chi connectivity index (χ1) is 13.0. The van der Waals surface area contributed by atoms with E-state index in [2.05, 4.69) is 27.3 Å². The summed E-state index contributed by atoms with van der Waals surface area (Å²) in [6.45, 7) is 2.06. The molecule has 2 aromatic rings. The third-order valence-electron chi connectivity index (χ3n) is 4.41. The summed E-state index contributed by atoms with van der Waals surface area (Å²) in [7, 11) is 4.94. The molecule has 6 heteroatoms. The molecule has 0 saturated carbocycles. The summed E-state index contributed by atoms with van der Waals surface area (Å²) in [6.07, 6.45) is 1.22. The van der Waals surface area contributed by atoms with Crippen molar-refractivity contribution in [3.8, 4) is 11.5 Å². The normalized spacial score (nSPS) is 11.7. The fourth-order valence-electron chi connectivity index (χ4n) is 3.01. The Morgan fingerprint density at radius 1 is 1.07 bits per heavy atom. The van der Waals surface area contributed by atoms with Gasteiger partial charge in [0.25, 0.3) is 0 Å². The molecule has 0 aliphatic heterocycles. The van der Waals surface area contributed by atoms with Gasteiger partial charge in [-0.1, -0.05) is 34.1 Å². The van der Waals surface area contributed by atoms with Crippen LogP contribution in [0.1, 0.15) is 29.7 Å². The fraction of sp³-hybridized carbons (Fsp3) is 0.381. The first kappa shape index (κ1) is 21.3. The quantitative estimate of drug-likeness (QED) is 0.644. The minimum absolute atomic E-state index is 0.0477. The summed E-state index contributed by atoms with van der Waals surface area (Å²) >= 11 is 3.61. The molecule has 1 atom stereocenters. The molecular formula is C21H26BrNO4. The van der Waals surface area contributed by atoms with Gasteiger partial charge in [0, 0.05) is 31.5 Å². The SMILES string of the molecule is COc1cc(CCNC(C)=O)c(C(Cc2ccccc2Br)OC)cc1OC. The minimum Gasteiger partial charge on any atom is -0.493 e. The van der Waals surface area contributed by atoms with Crippen molar-refractivity contribution in [1.82, 2.24) is 5.32 Å². The van der Waals surface area contributed by atoms with E-state index in [1.807, 2.05) is 30.3 Å². The highest BCUT2D eigenvalue weighted by Gasteiger charge is 2.20. The Hall–Kier alpha value is -2.05. The van der Waals surface area contributed by atoms with Gasteiger partial charge in [-0.3, -0.25) is 4.79 Å². The van der Waals surface area contributed by atoms with Gasteiger partial charge in [0.15, 0.2) is 11.5 Å². The van der Waals surface area contributed by atoms with Crippen LogP contribution in [-0.4, -0.2) is 33.8 Å². The minimum atomic E-state index is -0.157. The summed E-state index contributed by atoms with van der Waals surface area (Å²) in [4.78, 5) is 11.2. The largest absolute Gasteiger partial charge is 0.493 e. The molecule has 0 bridgehead atoms. The zero-order valence-corrected chi connectivity index (χ0v) is 17.8. The molecule has 1 N–H and O–H groups in total. The lowest BCUT2D eigenvalue weighted by atomic mass is 9.94. The van der Waals surface area contributed by atoms with Crippen molar-refractivity contribution < 1.29 is 19.0 Å². The molecule has 0 spiro atoms. The molecule has 0 aromatic heterocycles. The number of hydrogen-bond acceptors (Lipinski definition) is 4. The number of rotatable bonds is 9. The molecular weight excluding hydrogens is 410 g/mol. The monoisotopic (exact) mass is 435 g/mol. The maximum Gasteiger partial charge on any atom is 0.216 e. The summed E-state index contributed by atoms with van der Waals surface area (Å²) in [5.74, 6) is 1.27. The van der Waals surface area contributed by atoms with Gasteiger partial charge in [-0.2, -0.15) is 0 Å². The number of ether oxygens (including phenoxy) is 3. The van der Waals surface area contributed by atoms with Crippen LogP contribution in [-0.2, 0) is 22.4 Å². The van der Waals surface area contributed by atoms with Crippen LogP contribution in [0.15, 0.2) is 40.9 Å². The summed E-state index contributed by atoms with van der Waals surface area (Å²) in [5, 5.41) is 2.84. The number of halogens is 1. The van der Waals surface area contributed by atoms with Crippen molar-refractivity contribution in [2.45, 2.75) is 25.9 Å². The Bertz CT molecular complexity index is 779. The Balaban J connectivity index is 2.39. The van der Waals surface area contributed by atoms with E-state index >= 15 is 0 Å². The number of carbonyl (C=O) groups is 1. The van der Waals surface area contributed by atoms with E-state index < -0.39 is 0 Å². The van der Waals surface area contributed by atoms with Crippen molar-refractivity contribution >= 4 is 21.8 Å². The van der Waals surface area contributed by atoms with Crippen LogP contribution < -0.4 is 14.8 Å². The topological polar surface area (TPSA) is 56.8 Å². The summed E-state index contributed by atoms with van der Waals surface area (Å²) in [5.41, 5.74) is 3.24. The second kappa shape index (κ2) is 10.3. The number of amides is 1. The third-order valence-corrected chi connectivity index (χ3v) is 5.18. The van der Waals surface area contributed by atoms with Gasteiger partial charge >= 0.3 is 0 Å². The maximum atomic E-state index is 11.2. The van der Waals surface area contributed by atoms with E-state index in [4.69, 9.17) is 14.2 Å². The predicted molar refractivity (Wildman–Crippen MR) is 110 cm³/mol. The molecule has 27 heavy (non-hydrogen) atoms. The lowest BCUT2D eigenvalue weighted by Gasteiger charge is -2.22. The number of carbonyl (C=O) groups excluding carboxylic acids is 1.